The van der Waals surface area contributed by atoms with Crippen LogP contribution in [-0.2, 0) is 11.0 Å². The Balaban J connectivity index is 1.83. The summed E-state index contributed by atoms with van der Waals surface area (Å²) in [4.78, 5) is 22.0. The van der Waals surface area contributed by atoms with Crippen LogP contribution in [0.25, 0.3) is 22.2 Å². The number of nitrogens with one attached hydrogen (secondary N) is 1. The zero-order chi connectivity index (χ0) is 18.3. The number of halogens is 3. The fourth-order valence-corrected chi connectivity index (χ4v) is 3.72. The number of Topliss-reactive ketones (excluding diaryl/α,β-unsaturated/α-hetero) is 1. The van der Waals surface area contributed by atoms with E-state index in [9.17, 15) is 18.0 Å². The highest BCUT2D eigenvalue weighted by atomic mass is 19.4. The van der Waals surface area contributed by atoms with Gasteiger partial charge in [-0.25, -0.2) is 9.97 Å². The first-order valence-electron chi connectivity index (χ1n) is 8.44. The average Bonchev–Trinajstić information content (AvgIpc) is 3.06. The fourth-order valence-electron chi connectivity index (χ4n) is 3.72. The average molecular weight is 359 g/mol. The quantitative estimate of drug-likeness (QED) is 0.710. The van der Waals surface area contributed by atoms with Crippen LogP contribution in [0.4, 0.5) is 13.2 Å². The summed E-state index contributed by atoms with van der Waals surface area (Å²) in [6, 6.07) is 5.62. The Hall–Kier alpha value is -2.70. The maximum absolute atomic E-state index is 13.3. The summed E-state index contributed by atoms with van der Waals surface area (Å²) in [5.74, 6) is 0.506. The van der Waals surface area contributed by atoms with E-state index >= 15 is 0 Å². The molecular formula is C19H16F3N3O. The largest absolute Gasteiger partial charge is 0.419 e. The van der Waals surface area contributed by atoms with Gasteiger partial charge in [-0.05, 0) is 24.3 Å². The predicted molar refractivity (Wildman–Crippen MR) is 90.5 cm³/mol. The van der Waals surface area contributed by atoms with E-state index in [1.165, 1.54) is 0 Å². The van der Waals surface area contributed by atoms with Gasteiger partial charge in [-0.1, -0.05) is 18.2 Å². The van der Waals surface area contributed by atoms with E-state index in [0.717, 1.165) is 36.4 Å². The number of para-hydroxylation sites is 1. The molecule has 3 aromatic rings. The highest BCUT2D eigenvalue weighted by molar-refractivity contribution is 5.97. The van der Waals surface area contributed by atoms with Crippen LogP contribution in [0.2, 0.25) is 0 Å². The second kappa shape index (κ2) is 6.23. The number of aromatic nitrogens is 3. The van der Waals surface area contributed by atoms with E-state index in [1.54, 1.807) is 12.3 Å². The second-order valence-corrected chi connectivity index (χ2v) is 6.57. The van der Waals surface area contributed by atoms with Crippen LogP contribution >= 0.6 is 0 Å². The van der Waals surface area contributed by atoms with Crippen molar-refractivity contribution in [2.24, 2.45) is 0 Å². The molecule has 1 aromatic carbocycles. The number of hydrogen-bond acceptors (Lipinski definition) is 3. The van der Waals surface area contributed by atoms with E-state index in [4.69, 9.17) is 0 Å². The number of aromatic amines is 1. The van der Waals surface area contributed by atoms with Crippen LogP contribution in [0.5, 0.6) is 0 Å². The third-order valence-corrected chi connectivity index (χ3v) is 5.00. The van der Waals surface area contributed by atoms with Gasteiger partial charge in [-0.2, -0.15) is 13.2 Å². The lowest BCUT2D eigenvalue weighted by molar-refractivity contribution is -0.137. The molecule has 0 aliphatic heterocycles. The number of hydrogen-bond donors (Lipinski definition) is 1. The minimum atomic E-state index is -4.53. The number of benzene rings is 1. The van der Waals surface area contributed by atoms with Gasteiger partial charge in [0, 0.05) is 41.7 Å². The van der Waals surface area contributed by atoms with Gasteiger partial charge in [0.1, 0.15) is 17.7 Å². The molecule has 1 aliphatic rings. The molecule has 1 N–H and O–H groups in total. The second-order valence-electron chi connectivity index (χ2n) is 6.57. The first kappa shape index (κ1) is 16.8. The number of rotatable bonds is 2. The van der Waals surface area contributed by atoms with Crippen molar-refractivity contribution in [3.05, 3.63) is 48.0 Å². The maximum atomic E-state index is 13.3. The molecule has 134 valence electrons. The number of fused-ring (bicyclic) bond motifs is 1. The van der Waals surface area contributed by atoms with Gasteiger partial charge >= 0.3 is 6.18 Å². The molecule has 1 aliphatic carbocycles. The topological polar surface area (TPSA) is 58.6 Å². The summed E-state index contributed by atoms with van der Waals surface area (Å²) in [7, 11) is 0. The van der Waals surface area contributed by atoms with Crippen molar-refractivity contribution < 1.29 is 18.0 Å². The van der Waals surface area contributed by atoms with Crippen LogP contribution in [0.3, 0.4) is 0 Å². The summed E-state index contributed by atoms with van der Waals surface area (Å²) >= 11 is 0. The molecule has 2 aromatic heterocycles. The van der Waals surface area contributed by atoms with Gasteiger partial charge in [-0.15, -0.1) is 0 Å². The summed E-state index contributed by atoms with van der Waals surface area (Å²) < 4.78 is 40.0. The molecule has 0 bridgehead atoms. The summed E-state index contributed by atoms with van der Waals surface area (Å²) in [5.41, 5.74) is 1.28. The number of nitrogens with zero attached hydrogens (tertiary/aromatic N) is 2. The molecule has 0 unspecified atom stereocenters. The van der Waals surface area contributed by atoms with Crippen molar-refractivity contribution in [2.75, 3.05) is 0 Å². The van der Waals surface area contributed by atoms with Crippen LogP contribution < -0.4 is 0 Å². The highest BCUT2D eigenvalue weighted by Crippen LogP contribution is 2.40. The Morgan fingerprint density at radius 3 is 2.65 bits per heavy atom. The number of ketones is 1. The lowest BCUT2D eigenvalue weighted by Gasteiger charge is -2.22. The van der Waals surface area contributed by atoms with Crippen molar-refractivity contribution in [1.82, 2.24) is 15.0 Å². The summed E-state index contributed by atoms with van der Waals surface area (Å²) in [6.45, 7) is 0. The Kier molecular flexibility index (Phi) is 4.01. The van der Waals surface area contributed by atoms with Gasteiger partial charge in [0.15, 0.2) is 0 Å². The maximum Gasteiger partial charge on any atom is 0.419 e. The molecule has 1 fully saturated rings. The van der Waals surface area contributed by atoms with Gasteiger partial charge in [0.25, 0.3) is 0 Å². The van der Waals surface area contributed by atoms with E-state index in [-0.39, 0.29) is 17.4 Å². The molecule has 26 heavy (non-hydrogen) atoms. The van der Waals surface area contributed by atoms with Crippen LogP contribution in [0.15, 0.2) is 36.9 Å². The Labute approximate surface area is 147 Å². The molecule has 1 saturated carbocycles. The lowest BCUT2D eigenvalue weighted by atomic mass is 9.82. The SMILES string of the molecule is O=C1CCC(c2cccc3c(-c4ncncc4C(F)(F)F)c[nH]c23)CC1. The Morgan fingerprint density at radius 1 is 1.15 bits per heavy atom. The van der Waals surface area contributed by atoms with Crippen molar-refractivity contribution in [2.45, 2.75) is 37.8 Å². The number of alkyl halides is 3. The van der Waals surface area contributed by atoms with Crippen LogP contribution in [0.1, 0.15) is 42.7 Å². The first-order valence-corrected chi connectivity index (χ1v) is 8.44. The molecule has 0 atom stereocenters. The zero-order valence-electron chi connectivity index (χ0n) is 13.8. The summed E-state index contributed by atoms with van der Waals surface area (Å²) in [6.07, 6.45) is 1.62. The molecule has 4 nitrogen and oxygen atoms in total. The van der Waals surface area contributed by atoms with E-state index in [1.807, 2.05) is 12.1 Å². The Bertz CT molecular complexity index is 968. The Morgan fingerprint density at radius 2 is 1.92 bits per heavy atom. The van der Waals surface area contributed by atoms with Crippen LogP contribution in [-0.4, -0.2) is 20.7 Å². The van der Waals surface area contributed by atoms with Gasteiger partial charge in [0.2, 0.25) is 0 Å². The zero-order valence-corrected chi connectivity index (χ0v) is 13.8. The molecule has 2 heterocycles. The van der Waals surface area contributed by atoms with Crippen molar-refractivity contribution in [3.63, 3.8) is 0 Å². The fraction of sp³-hybridized carbons (Fsp3) is 0.316. The van der Waals surface area contributed by atoms with Gasteiger partial charge < -0.3 is 4.98 Å². The highest BCUT2D eigenvalue weighted by Gasteiger charge is 2.35. The first-order chi connectivity index (χ1) is 12.4. The standard InChI is InChI=1S/C19H16F3N3O/c20-19(21,22)16-9-23-10-25-18(16)15-8-24-17-13(2-1-3-14(15)17)11-4-6-12(26)7-5-11/h1-3,8-11,24H,4-7H2. The monoisotopic (exact) mass is 359 g/mol. The molecule has 7 heteroatoms. The molecular weight excluding hydrogens is 343 g/mol. The van der Waals surface area contributed by atoms with Gasteiger partial charge in [-0.3, -0.25) is 4.79 Å². The van der Waals surface area contributed by atoms with Gasteiger partial charge in [0.05, 0.1) is 5.69 Å². The summed E-state index contributed by atoms with van der Waals surface area (Å²) in [5, 5.41) is 0.698. The molecule has 0 saturated heterocycles. The van der Waals surface area contributed by atoms with Crippen LogP contribution in [0, 0.1) is 0 Å². The minimum absolute atomic E-state index is 0.130. The normalized spacial score (nSPS) is 16.3. The minimum Gasteiger partial charge on any atom is -0.360 e. The van der Waals surface area contributed by atoms with E-state index in [0.29, 0.717) is 23.8 Å². The number of carbonyl (C=O) groups is 1. The van der Waals surface area contributed by atoms with Crippen molar-refractivity contribution in [1.29, 1.82) is 0 Å². The number of carbonyl (C=O) groups excluding carboxylic acids is 1. The molecule has 0 spiro atoms. The van der Waals surface area contributed by atoms with Crippen molar-refractivity contribution in [3.8, 4) is 11.3 Å². The third-order valence-electron chi connectivity index (χ3n) is 5.00. The third kappa shape index (κ3) is 2.87. The predicted octanol–water partition coefficient (Wildman–Crippen LogP) is 4.87. The number of H-pyrrole nitrogens is 1. The van der Waals surface area contributed by atoms with E-state index in [2.05, 4.69) is 15.0 Å². The molecule has 0 amide bonds. The smallest absolute Gasteiger partial charge is 0.360 e. The molecule has 0 radical (unpaired) electrons. The van der Waals surface area contributed by atoms with E-state index < -0.39 is 11.7 Å². The lowest BCUT2D eigenvalue weighted by Crippen LogP contribution is -2.12. The van der Waals surface area contributed by atoms with Crippen molar-refractivity contribution >= 4 is 16.7 Å². The molecule has 4 rings (SSSR count).